The summed E-state index contributed by atoms with van der Waals surface area (Å²) in [4.78, 5) is 11.5. The highest BCUT2D eigenvalue weighted by Crippen LogP contribution is 2.09. The molecule has 0 aromatic heterocycles. The van der Waals surface area contributed by atoms with Crippen molar-refractivity contribution < 1.29 is 9.53 Å². The Hall–Kier alpha value is -3.35. The van der Waals surface area contributed by atoms with Crippen molar-refractivity contribution in [3.8, 4) is 11.8 Å². The van der Waals surface area contributed by atoms with E-state index in [0.29, 0.717) is 5.56 Å². The molecule has 3 aromatic rings. The summed E-state index contributed by atoms with van der Waals surface area (Å²) in [5.74, 6) is 6.18. The number of benzene rings is 3. The smallest absolute Gasteiger partial charge is 0.337 e. The number of aryl methyl sites for hydroxylation is 1. The number of hydrogen-bond donors (Lipinski definition) is 1. The Morgan fingerprint density at radius 1 is 0.774 bits per heavy atom. The Morgan fingerprint density at radius 2 is 1.26 bits per heavy atom. The van der Waals surface area contributed by atoms with E-state index in [-0.39, 0.29) is 5.97 Å². The fraction of sp³-hybridized carbons (Fsp3) is 0.250. The van der Waals surface area contributed by atoms with Crippen LogP contribution in [0.2, 0.25) is 0 Å². The number of carbonyl (C=O) groups is 1. The van der Waals surface area contributed by atoms with Gasteiger partial charge in [-0.3, -0.25) is 0 Å². The van der Waals surface area contributed by atoms with Crippen molar-refractivity contribution in [3.05, 3.63) is 106 Å². The lowest BCUT2D eigenvalue weighted by Gasteiger charge is -2.06. The molecule has 0 saturated heterocycles. The quantitative estimate of drug-likeness (QED) is 0.393. The van der Waals surface area contributed by atoms with E-state index in [1.54, 1.807) is 12.1 Å². The van der Waals surface area contributed by atoms with Crippen molar-refractivity contribution >= 4 is 5.97 Å². The first kappa shape index (κ1) is 22.3. The first-order valence-electron chi connectivity index (χ1n) is 10.8. The van der Waals surface area contributed by atoms with Gasteiger partial charge in [-0.2, -0.15) is 0 Å². The molecular formula is C28H29NO2. The Bertz CT molecular complexity index is 1020. The van der Waals surface area contributed by atoms with Gasteiger partial charge >= 0.3 is 5.97 Å². The van der Waals surface area contributed by atoms with E-state index >= 15 is 0 Å². The lowest BCUT2D eigenvalue weighted by atomic mass is 10.1. The van der Waals surface area contributed by atoms with Gasteiger partial charge in [-0.15, -0.1) is 0 Å². The van der Waals surface area contributed by atoms with Crippen LogP contribution in [0.1, 0.15) is 57.9 Å². The van der Waals surface area contributed by atoms with Gasteiger partial charge in [0.05, 0.1) is 12.7 Å². The molecule has 0 aliphatic carbocycles. The van der Waals surface area contributed by atoms with Gasteiger partial charge in [-0.1, -0.05) is 61.6 Å². The molecule has 0 radical (unpaired) electrons. The van der Waals surface area contributed by atoms with Crippen LogP contribution < -0.4 is 5.32 Å². The lowest BCUT2D eigenvalue weighted by molar-refractivity contribution is 0.0600. The summed E-state index contributed by atoms with van der Waals surface area (Å²) >= 11 is 0. The Morgan fingerprint density at radius 3 is 1.74 bits per heavy atom. The summed E-state index contributed by atoms with van der Waals surface area (Å²) in [5, 5.41) is 3.43. The van der Waals surface area contributed by atoms with Crippen LogP contribution in [0.3, 0.4) is 0 Å². The molecule has 3 aromatic carbocycles. The maximum absolute atomic E-state index is 11.5. The standard InChI is InChI=1S/C28H29NO2/c1-3-4-5-22-6-8-23(9-7-22)10-11-24-12-14-25(15-13-24)20-29-21-26-16-18-27(19-17-26)28(30)31-2/h6-9,12-19,29H,3-5,20-21H2,1-2H3. The van der Waals surface area contributed by atoms with Gasteiger partial charge in [0.25, 0.3) is 0 Å². The highest BCUT2D eigenvalue weighted by molar-refractivity contribution is 5.89. The molecule has 31 heavy (non-hydrogen) atoms. The number of hydrogen-bond acceptors (Lipinski definition) is 3. The second-order valence-corrected chi connectivity index (χ2v) is 7.54. The monoisotopic (exact) mass is 411 g/mol. The third-order valence-electron chi connectivity index (χ3n) is 5.11. The summed E-state index contributed by atoms with van der Waals surface area (Å²) in [6, 6.07) is 24.3. The predicted molar refractivity (Wildman–Crippen MR) is 126 cm³/mol. The molecule has 3 rings (SSSR count). The second kappa shape index (κ2) is 11.7. The Balaban J connectivity index is 1.48. The molecule has 1 N–H and O–H groups in total. The zero-order valence-electron chi connectivity index (χ0n) is 18.3. The van der Waals surface area contributed by atoms with Gasteiger partial charge in [-0.25, -0.2) is 4.79 Å². The van der Waals surface area contributed by atoms with E-state index in [9.17, 15) is 4.79 Å². The molecule has 0 spiro atoms. The summed E-state index contributed by atoms with van der Waals surface area (Å²) < 4.78 is 4.72. The minimum atomic E-state index is -0.313. The molecule has 3 heteroatoms. The van der Waals surface area contributed by atoms with E-state index in [1.165, 1.54) is 31.1 Å². The van der Waals surface area contributed by atoms with Crippen LogP contribution in [0.4, 0.5) is 0 Å². The SMILES string of the molecule is CCCCc1ccc(C#Cc2ccc(CNCc3ccc(C(=O)OC)cc3)cc2)cc1. The van der Waals surface area contributed by atoms with Crippen LogP contribution in [0, 0.1) is 11.8 Å². The average molecular weight is 412 g/mol. The van der Waals surface area contributed by atoms with Crippen LogP contribution in [-0.2, 0) is 24.2 Å². The third-order valence-corrected chi connectivity index (χ3v) is 5.11. The first-order valence-corrected chi connectivity index (χ1v) is 10.8. The number of methoxy groups -OCH3 is 1. The van der Waals surface area contributed by atoms with Crippen LogP contribution in [-0.4, -0.2) is 13.1 Å². The molecule has 0 aliphatic rings. The molecule has 158 valence electrons. The number of ether oxygens (including phenoxy) is 1. The number of nitrogens with one attached hydrogen (secondary N) is 1. The summed E-state index contributed by atoms with van der Waals surface area (Å²) in [5.41, 5.74) is 6.33. The van der Waals surface area contributed by atoms with E-state index in [4.69, 9.17) is 4.74 Å². The minimum absolute atomic E-state index is 0.313. The summed E-state index contributed by atoms with van der Waals surface area (Å²) in [7, 11) is 1.39. The maximum Gasteiger partial charge on any atom is 0.337 e. The summed E-state index contributed by atoms with van der Waals surface area (Å²) in [6.45, 7) is 3.72. The highest BCUT2D eigenvalue weighted by Gasteiger charge is 2.04. The van der Waals surface area contributed by atoms with Crippen LogP contribution in [0.15, 0.2) is 72.8 Å². The van der Waals surface area contributed by atoms with Crippen molar-refractivity contribution in [3.63, 3.8) is 0 Å². The zero-order valence-corrected chi connectivity index (χ0v) is 18.3. The van der Waals surface area contributed by atoms with Crippen LogP contribution >= 0.6 is 0 Å². The maximum atomic E-state index is 11.5. The molecule has 0 bridgehead atoms. The van der Waals surface area contributed by atoms with E-state index in [2.05, 4.69) is 72.6 Å². The van der Waals surface area contributed by atoms with Crippen molar-refractivity contribution in [2.24, 2.45) is 0 Å². The summed E-state index contributed by atoms with van der Waals surface area (Å²) in [6.07, 6.45) is 3.59. The van der Waals surface area contributed by atoms with Crippen LogP contribution in [0.25, 0.3) is 0 Å². The van der Waals surface area contributed by atoms with Gasteiger partial charge in [-0.05, 0) is 65.9 Å². The topological polar surface area (TPSA) is 38.3 Å². The lowest BCUT2D eigenvalue weighted by Crippen LogP contribution is -2.12. The molecule has 0 unspecified atom stereocenters. The largest absolute Gasteiger partial charge is 0.465 e. The van der Waals surface area contributed by atoms with Gasteiger partial charge in [0.2, 0.25) is 0 Å². The molecule has 3 nitrogen and oxygen atoms in total. The van der Waals surface area contributed by atoms with Crippen molar-refractivity contribution in [1.82, 2.24) is 5.32 Å². The number of unbranched alkanes of at least 4 members (excludes halogenated alkanes) is 1. The fourth-order valence-electron chi connectivity index (χ4n) is 3.21. The minimum Gasteiger partial charge on any atom is -0.465 e. The number of carbonyl (C=O) groups excluding carboxylic acids is 1. The van der Waals surface area contributed by atoms with Gasteiger partial charge < -0.3 is 10.1 Å². The van der Waals surface area contributed by atoms with E-state index in [1.807, 2.05) is 12.1 Å². The average Bonchev–Trinajstić information content (AvgIpc) is 2.83. The number of rotatable bonds is 8. The third kappa shape index (κ3) is 7.13. The normalized spacial score (nSPS) is 10.3. The van der Waals surface area contributed by atoms with Gasteiger partial charge in [0, 0.05) is 24.2 Å². The van der Waals surface area contributed by atoms with Crippen molar-refractivity contribution in [2.75, 3.05) is 7.11 Å². The zero-order chi connectivity index (χ0) is 21.9. The molecule has 0 fully saturated rings. The van der Waals surface area contributed by atoms with Crippen LogP contribution in [0.5, 0.6) is 0 Å². The van der Waals surface area contributed by atoms with E-state index < -0.39 is 0 Å². The highest BCUT2D eigenvalue weighted by atomic mass is 16.5. The van der Waals surface area contributed by atoms with Crippen molar-refractivity contribution in [2.45, 2.75) is 39.3 Å². The first-order chi connectivity index (χ1) is 15.2. The van der Waals surface area contributed by atoms with Crippen molar-refractivity contribution in [1.29, 1.82) is 0 Å². The van der Waals surface area contributed by atoms with Gasteiger partial charge in [0.15, 0.2) is 0 Å². The number of esters is 1. The molecule has 0 saturated carbocycles. The molecule has 0 amide bonds. The molecule has 0 heterocycles. The predicted octanol–water partition coefficient (Wildman–Crippen LogP) is 5.51. The fourth-order valence-corrected chi connectivity index (χ4v) is 3.21. The van der Waals surface area contributed by atoms with Gasteiger partial charge in [0.1, 0.15) is 0 Å². The molecular weight excluding hydrogens is 382 g/mol. The molecule has 0 atom stereocenters. The Kier molecular flexibility index (Phi) is 8.46. The van der Waals surface area contributed by atoms with E-state index in [0.717, 1.165) is 36.2 Å². The second-order valence-electron chi connectivity index (χ2n) is 7.54. The molecule has 0 aliphatic heterocycles. The Labute approximate surface area is 185 Å².